The molecule has 0 amide bonds. The summed E-state index contributed by atoms with van der Waals surface area (Å²) in [5.41, 5.74) is 0. The molecule has 0 aliphatic carbocycles. The van der Waals surface area contributed by atoms with E-state index in [0.717, 1.165) is 64.2 Å². The Morgan fingerprint density at radius 3 is 0.846 bits per heavy atom. The lowest BCUT2D eigenvalue weighted by molar-refractivity contribution is -0.137. The maximum atomic E-state index is 11.8. The van der Waals surface area contributed by atoms with Crippen LogP contribution in [0.3, 0.4) is 0 Å². The van der Waals surface area contributed by atoms with Gasteiger partial charge in [-0.3, -0.25) is 18.7 Å². The summed E-state index contributed by atoms with van der Waals surface area (Å²) >= 11 is 0. The molecule has 2 unspecified atom stereocenters. The van der Waals surface area contributed by atoms with Gasteiger partial charge in [-0.15, -0.1) is 0 Å². The summed E-state index contributed by atoms with van der Waals surface area (Å²) in [4.78, 5) is 23.7. The highest BCUT2D eigenvalue weighted by Gasteiger charge is 2.24. The SMILES string of the molecule is O=C(O)C(CCCCCCCCCCCCCCn1c(O)ccc1O)SSC(CCCCCCCCCCCCCCn1c(O)ccc1O)C(=O)O. The highest BCUT2D eigenvalue weighted by molar-refractivity contribution is 8.77. The standard InChI is InChI=1S/C40H68N2O8S2/c43-35-27-28-36(44)41(35)31-23-19-15-11-7-3-1-5-9-13-17-21-25-33(39(47)48)51-52-34(40(49)50)26-22-18-14-10-6-2-4-8-12-16-20-24-32-42-37(45)29-30-38(42)46/h27-30,33-34,43-46H,1-26,31-32H2,(H,47,48)(H,49,50). The lowest BCUT2D eigenvalue weighted by atomic mass is 10.0. The predicted octanol–water partition coefficient (Wildman–Crippen LogP) is 11.2. The van der Waals surface area contributed by atoms with E-state index in [1.54, 1.807) is 0 Å². The van der Waals surface area contributed by atoms with Gasteiger partial charge in [0.05, 0.1) is 0 Å². The highest BCUT2D eigenvalue weighted by Crippen LogP contribution is 2.36. The van der Waals surface area contributed by atoms with Crippen molar-refractivity contribution in [1.29, 1.82) is 0 Å². The first kappa shape index (κ1) is 45.6. The Morgan fingerprint density at radius 2 is 0.615 bits per heavy atom. The molecule has 2 atom stereocenters. The molecule has 12 heteroatoms. The van der Waals surface area contributed by atoms with E-state index < -0.39 is 22.4 Å². The van der Waals surface area contributed by atoms with Gasteiger partial charge in [0.2, 0.25) is 0 Å². The van der Waals surface area contributed by atoms with Crippen LogP contribution in [0.25, 0.3) is 0 Å². The number of aliphatic carboxylic acids is 2. The first-order valence-corrected chi connectivity index (χ1v) is 22.4. The summed E-state index contributed by atoms with van der Waals surface area (Å²) in [6, 6.07) is 6.04. The van der Waals surface area contributed by atoms with Crippen LogP contribution >= 0.6 is 21.6 Å². The van der Waals surface area contributed by atoms with Crippen LogP contribution in [-0.2, 0) is 22.7 Å². The van der Waals surface area contributed by atoms with Crippen molar-refractivity contribution in [3.8, 4) is 23.5 Å². The zero-order chi connectivity index (χ0) is 37.8. The maximum Gasteiger partial charge on any atom is 0.317 e. The number of carbonyl (C=O) groups is 2. The molecule has 2 aromatic heterocycles. The van der Waals surface area contributed by atoms with Crippen LogP contribution in [-0.4, -0.2) is 62.2 Å². The normalized spacial score (nSPS) is 12.7. The molecule has 10 nitrogen and oxygen atoms in total. The first-order chi connectivity index (χ1) is 25.2. The van der Waals surface area contributed by atoms with Gasteiger partial charge in [-0.25, -0.2) is 0 Å². The van der Waals surface area contributed by atoms with E-state index in [0.29, 0.717) is 25.9 Å². The Balaban J connectivity index is 1.37. The van der Waals surface area contributed by atoms with Crippen molar-refractivity contribution in [3.05, 3.63) is 24.3 Å². The molecule has 0 saturated carbocycles. The zero-order valence-corrected chi connectivity index (χ0v) is 33.1. The molecule has 0 aromatic carbocycles. The smallest absolute Gasteiger partial charge is 0.317 e. The van der Waals surface area contributed by atoms with Gasteiger partial charge >= 0.3 is 11.9 Å². The van der Waals surface area contributed by atoms with Crippen molar-refractivity contribution >= 4 is 33.5 Å². The minimum atomic E-state index is -0.849. The van der Waals surface area contributed by atoms with Crippen LogP contribution in [0.1, 0.15) is 167 Å². The number of nitrogens with zero attached hydrogens (tertiary/aromatic N) is 2. The Morgan fingerprint density at radius 1 is 0.404 bits per heavy atom. The number of hydrogen-bond donors (Lipinski definition) is 6. The number of rotatable bonds is 35. The molecule has 0 fully saturated rings. The summed E-state index contributed by atoms with van der Waals surface area (Å²) < 4.78 is 3.06. The van der Waals surface area contributed by atoms with Crippen LogP contribution in [0.2, 0.25) is 0 Å². The first-order valence-electron chi connectivity index (χ1n) is 20.1. The van der Waals surface area contributed by atoms with Crippen LogP contribution in [0.5, 0.6) is 23.5 Å². The second-order valence-electron chi connectivity index (χ2n) is 14.3. The molecule has 0 aliphatic heterocycles. The molecule has 2 rings (SSSR count). The van der Waals surface area contributed by atoms with E-state index in [1.165, 1.54) is 145 Å². The average Bonchev–Trinajstić information content (AvgIpc) is 3.61. The number of carboxylic acid groups (broad SMARTS) is 2. The molecule has 0 aliphatic rings. The number of carboxylic acids is 2. The Bertz CT molecular complexity index is 1090. The van der Waals surface area contributed by atoms with E-state index in [9.17, 15) is 40.2 Å². The Hall–Kier alpha value is -2.60. The lowest BCUT2D eigenvalue weighted by Gasteiger charge is -2.15. The third-order valence-corrected chi connectivity index (χ3v) is 13.1. The summed E-state index contributed by atoms with van der Waals surface area (Å²) in [5, 5.41) is 57.0. The second-order valence-corrected chi connectivity index (χ2v) is 17.0. The fourth-order valence-electron chi connectivity index (χ4n) is 6.65. The van der Waals surface area contributed by atoms with Crippen molar-refractivity contribution < 1.29 is 40.2 Å². The van der Waals surface area contributed by atoms with Crippen molar-refractivity contribution in [3.63, 3.8) is 0 Å². The minimum absolute atomic E-state index is 0.115. The molecular formula is C40H68N2O8S2. The van der Waals surface area contributed by atoms with Crippen LogP contribution < -0.4 is 0 Å². The number of unbranched alkanes of at least 4 members (excludes halogenated alkanes) is 22. The molecule has 0 saturated heterocycles. The largest absolute Gasteiger partial charge is 0.494 e. The van der Waals surface area contributed by atoms with Gasteiger partial charge in [-0.2, -0.15) is 0 Å². The molecule has 2 heterocycles. The fourth-order valence-corrected chi connectivity index (χ4v) is 9.48. The second kappa shape index (κ2) is 28.8. The highest BCUT2D eigenvalue weighted by atomic mass is 33.1. The van der Waals surface area contributed by atoms with E-state index >= 15 is 0 Å². The van der Waals surface area contributed by atoms with Gasteiger partial charge in [-0.1, -0.05) is 163 Å². The quantitative estimate of drug-likeness (QED) is 0.0293. The zero-order valence-electron chi connectivity index (χ0n) is 31.5. The van der Waals surface area contributed by atoms with Crippen molar-refractivity contribution in [1.82, 2.24) is 9.13 Å². The van der Waals surface area contributed by atoms with Gasteiger partial charge in [-0.05, 0) is 25.7 Å². The van der Waals surface area contributed by atoms with Gasteiger partial charge in [0.25, 0.3) is 0 Å². The molecule has 6 N–H and O–H groups in total. The number of aromatic hydroxyl groups is 4. The summed E-state index contributed by atoms with van der Waals surface area (Å²) in [5.74, 6) is -1.24. The van der Waals surface area contributed by atoms with E-state index in [2.05, 4.69) is 0 Å². The molecule has 2 aromatic rings. The van der Waals surface area contributed by atoms with E-state index in [4.69, 9.17) is 0 Å². The Labute approximate surface area is 320 Å². The van der Waals surface area contributed by atoms with Crippen LogP contribution in [0, 0.1) is 0 Å². The topological polar surface area (TPSA) is 165 Å². The maximum absolute atomic E-state index is 11.8. The minimum Gasteiger partial charge on any atom is -0.494 e. The molecule has 0 spiro atoms. The summed E-state index contributed by atoms with van der Waals surface area (Å²) in [6.45, 7) is 1.28. The number of hydrogen-bond acceptors (Lipinski definition) is 8. The fraction of sp³-hybridized carbons (Fsp3) is 0.750. The predicted molar refractivity (Wildman–Crippen MR) is 214 cm³/mol. The van der Waals surface area contributed by atoms with E-state index in [1.807, 2.05) is 0 Å². The third-order valence-electron chi connectivity index (χ3n) is 9.90. The monoisotopic (exact) mass is 768 g/mol. The molecular weight excluding hydrogens is 701 g/mol. The average molecular weight is 769 g/mol. The number of aromatic nitrogens is 2. The molecule has 298 valence electrons. The summed E-state index contributed by atoms with van der Waals surface area (Å²) in [7, 11) is 2.46. The third kappa shape index (κ3) is 20.6. The van der Waals surface area contributed by atoms with Crippen molar-refractivity contribution in [2.45, 2.75) is 191 Å². The van der Waals surface area contributed by atoms with E-state index in [-0.39, 0.29) is 23.5 Å². The van der Waals surface area contributed by atoms with Gasteiger partial charge in [0, 0.05) is 37.4 Å². The lowest BCUT2D eigenvalue weighted by Crippen LogP contribution is -2.19. The molecule has 52 heavy (non-hydrogen) atoms. The van der Waals surface area contributed by atoms with Crippen LogP contribution in [0.15, 0.2) is 24.3 Å². The van der Waals surface area contributed by atoms with Crippen molar-refractivity contribution in [2.24, 2.45) is 0 Å². The molecule has 0 bridgehead atoms. The molecule has 0 radical (unpaired) electrons. The van der Waals surface area contributed by atoms with Crippen LogP contribution in [0.4, 0.5) is 0 Å². The van der Waals surface area contributed by atoms with Crippen molar-refractivity contribution in [2.75, 3.05) is 0 Å². The van der Waals surface area contributed by atoms with Gasteiger partial charge in [0.1, 0.15) is 10.5 Å². The van der Waals surface area contributed by atoms with Gasteiger partial charge < -0.3 is 30.6 Å². The summed E-state index contributed by atoms with van der Waals surface area (Å²) in [6.07, 6.45) is 28.1. The van der Waals surface area contributed by atoms with Gasteiger partial charge in [0.15, 0.2) is 23.5 Å². The Kier molecular flexibility index (Phi) is 25.3.